The van der Waals surface area contributed by atoms with Crippen LogP contribution in [0.4, 0.5) is 0 Å². The Morgan fingerprint density at radius 2 is 1.67 bits per heavy atom. The molecule has 0 bridgehead atoms. The standard InChI is InChI=1S/C14H16ClO5PS.H3O3PS/c1-4-17-21(22,18-5-2)20-10-6-7-11-9(3)13(15)14(16)19-12(11)8-10;1-4(2,3)5/h6-8H,4-5H2,1-3H3;(H3,1,2,3,5)/p-3. The van der Waals surface area contributed by atoms with Crippen molar-refractivity contribution in [3.05, 3.63) is 39.2 Å². The molecule has 0 N–H and O–H groups in total. The molecule has 0 aliphatic heterocycles. The molecule has 0 atom stereocenters. The van der Waals surface area contributed by atoms with Crippen LogP contribution in [0.3, 0.4) is 0 Å². The molecule has 1 aromatic carbocycles. The van der Waals surface area contributed by atoms with E-state index in [2.05, 4.69) is 11.8 Å². The zero-order chi connectivity index (χ0) is 20.8. The first-order chi connectivity index (χ1) is 12.4. The molecule has 8 nitrogen and oxygen atoms in total. The molecule has 0 spiro atoms. The molecule has 1 heterocycles. The van der Waals surface area contributed by atoms with E-state index in [1.807, 2.05) is 13.8 Å². The lowest BCUT2D eigenvalue weighted by Crippen LogP contribution is -2.23. The van der Waals surface area contributed by atoms with E-state index < -0.39 is 19.1 Å². The van der Waals surface area contributed by atoms with Gasteiger partial charge in [0, 0.05) is 23.3 Å². The molecular weight excluding hydrogens is 458 g/mol. The van der Waals surface area contributed by atoms with Crippen molar-refractivity contribution < 1.29 is 32.7 Å². The molecule has 0 radical (unpaired) electrons. The zero-order valence-corrected chi connectivity index (χ0v) is 18.7. The van der Waals surface area contributed by atoms with Gasteiger partial charge in [0.25, 0.3) is 0 Å². The summed E-state index contributed by atoms with van der Waals surface area (Å²) in [5.74, 6) is 0.419. The molecule has 0 fully saturated rings. The number of aryl methyl sites for hydroxylation is 1. The first-order valence-electron chi connectivity index (χ1n) is 7.45. The predicted octanol–water partition coefficient (Wildman–Crippen LogP) is 1.72. The van der Waals surface area contributed by atoms with Gasteiger partial charge in [-0.25, -0.2) is 4.79 Å². The van der Waals surface area contributed by atoms with Gasteiger partial charge in [-0.1, -0.05) is 11.6 Å². The normalized spacial score (nSPS) is 11.8. The summed E-state index contributed by atoms with van der Waals surface area (Å²) in [7, 11) is 0. The third-order valence-electron chi connectivity index (χ3n) is 2.86. The largest absolute Gasteiger partial charge is 0.844 e. The van der Waals surface area contributed by atoms with E-state index in [4.69, 9.17) is 56.1 Å². The van der Waals surface area contributed by atoms with Crippen molar-refractivity contribution in [2.75, 3.05) is 13.2 Å². The van der Waals surface area contributed by atoms with E-state index in [0.717, 1.165) is 5.39 Å². The van der Waals surface area contributed by atoms with Gasteiger partial charge in [-0.05, 0) is 38.5 Å². The van der Waals surface area contributed by atoms with Crippen molar-refractivity contribution in [2.24, 2.45) is 0 Å². The van der Waals surface area contributed by atoms with E-state index in [1.54, 1.807) is 25.1 Å². The highest BCUT2D eigenvalue weighted by Crippen LogP contribution is 2.50. The Kier molecular flexibility index (Phi) is 9.51. The third kappa shape index (κ3) is 8.25. The highest BCUT2D eigenvalue weighted by atomic mass is 35.5. The summed E-state index contributed by atoms with van der Waals surface area (Å²) < 4.78 is 21.7. The average molecular weight is 474 g/mol. The predicted molar refractivity (Wildman–Crippen MR) is 105 cm³/mol. The maximum Gasteiger partial charge on any atom is 0.380 e. The summed E-state index contributed by atoms with van der Waals surface area (Å²) in [4.78, 5) is 38.4. The second kappa shape index (κ2) is 10.4. The minimum Gasteiger partial charge on any atom is -0.844 e. The molecule has 2 aromatic rings. The molecule has 0 aliphatic carbocycles. The summed E-state index contributed by atoms with van der Waals surface area (Å²) in [6.45, 7) is -1.27. The average Bonchev–Trinajstić information content (AvgIpc) is 2.51. The molecule has 0 saturated heterocycles. The van der Waals surface area contributed by atoms with Crippen molar-refractivity contribution >= 4 is 59.6 Å². The topological polar surface area (TPSA) is 127 Å². The number of halogens is 1. The van der Waals surface area contributed by atoms with Gasteiger partial charge in [-0.2, -0.15) is 11.8 Å². The number of benzene rings is 1. The summed E-state index contributed by atoms with van der Waals surface area (Å²) >= 11 is 14.5. The third-order valence-corrected chi connectivity index (χ3v) is 5.74. The second-order valence-electron chi connectivity index (χ2n) is 4.81. The van der Waals surface area contributed by atoms with Crippen molar-refractivity contribution in [2.45, 2.75) is 20.8 Å². The number of hydrogen-bond donors (Lipinski definition) is 0. The number of rotatable bonds is 6. The lowest BCUT2D eigenvalue weighted by molar-refractivity contribution is -0.411. The van der Waals surface area contributed by atoms with Gasteiger partial charge in [0.2, 0.25) is 0 Å². The smallest absolute Gasteiger partial charge is 0.380 e. The van der Waals surface area contributed by atoms with E-state index in [0.29, 0.717) is 30.1 Å². The van der Waals surface area contributed by atoms with Gasteiger partial charge < -0.3 is 30.3 Å². The van der Waals surface area contributed by atoms with Crippen LogP contribution in [0.15, 0.2) is 27.4 Å². The Balaban J connectivity index is 0.000000646. The summed E-state index contributed by atoms with van der Waals surface area (Å²) in [5, 5.41) is 0.813. The monoisotopic (exact) mass is 473 g/mol. The van der Waals surface area contributed by atoms with Crippen LogP contribution in [-0.4, -0.2) is 13.2 Å². The van der Waals surface area contributed by atoms with E-state index in [1.165, 1.54) is 0 Å². The van der Waals surface area contributed by atoms with Gasteiger partial charge in [-0.3, -0.25) is 9.05 Å². The fourth-order valence-electron chi connectivity index (χ4n) is 1.90. The fraction of sp³-hybridized carbons (Fsp3) is 0.357. The quantitative estimate of drug-likeness (QED) is 0.452. The van der Waals surface area contributed by atoms with Gasteiger partial charge >= 0.3 is 12.3 Å². The lowest BCUT2D eigenvalue weighted by atomic mass is 10.1. The van der Waals surface area contributed by atoms with E-state index in [9.17, 15) is 4.79 Å². The molecular formula is C14H16ClO8P2S2-3. The van der Waals surface area contributed by atoms with Gasteiger partial charge in [0.15, 0.2) is 0 Å². The molecule has 1 aromatic heterocycles. The van der Waals surface area contributed by atoms with Gasteiger partial charge in [0.1, 0.15) is 16.4 Å². The number of fused-ring (bicyclic) bond motifs is 1. The van der Waals surface area contributed by atoms with Crippen LogP contribution in [0.25, 0.3) is 11.0 Å². The molecule has 0 amide bonds. The fourth-order valence-corrected chi connectivity index (χ4v) is 4.12. The van der Waals surface area contributed by atoms with Crippen LogP contribution in [0.1, 0.15) is 19.4 Å². The maximum absolute atomic E-state index is 11.7. The van der Waals surface area contributed by atoms with E-state index in [-0.39, 0.29) is 5.02 Å². The second-order valence-corrected chi connectivity index (χ2v) is 10.4. The Hall–Kier alpha value is -0.380. The van der Waals surface area contributed by atoms with Crippen LogP contribution in [-0.2, 0) is 32.7 Å². The molecule has 152 valence electrons. The van der Waals surface area contributed by atoms with Crippen LogP contribution in [0.2, 0.25) is 5.02 Å². The minimum absolute atomic E-state index is 0.0786. The van der Waals surface area contributed by atoms with Crippen LogP contribution in [0.5, 0.6) is 5.75 Å². The summed E-state index contributed by atoms with van der Waals surface area (Å²) in [5.41, 5.74) is 0.449. The molecule has 27 heavy (non-hydrogen) atoms. The molecule has 0 saturated carbocycles. The van der Waals surface area contributed by atoms with Crippen molar-refractivity contribution in [1.29, 1.82) is 0 Å². The Bertz CT molecular complexity index is 924. The molecule has 13 heteroatoms. The minimum atomic E-state index is -4.56. The lowest BCUT2D eigenvalue weighted by Gasteiger charge is -2.43. The van der Waals surface area contributed by atoms with Crippen molar-refractivity contribution in [1.82, 2.24) is 0 Å². The van der Waals surface area contributed by atoms with Crippen LogP contribution >= 0.6 is 25.0 Å². The SMILES string of the molecule is CCOP(=S)(OCC)Oc1ccc2c(C)c(Cl)c(=O)oc2c1.[O-]P([O-])([O-])=S. The van der Waals surface area contributed by atoms with Crippen LogP contribution < -0.4 is 24.8 Å². The molecule has 0 aliphatic rings. The first-order valence-corrected chi connectivity index (χ1v) is 12.9. The summed E-state index contributed by atoms with van der Waals surface area (Å²) in [6.07, 6.45) is 0. The van der Waals surface area contributed by atoms with Gasteiger partial charge in [0.05, 0.1) is 13.2 Å². The Morgan fingerprint density at radius 3 is 2.15 bits per heavy atom. The first kappa shape index (κ1) is 24.7. The molecule has 2 rings (SSSR count). The maximum atomic E-state index is 11.7. The zero-order valence-electron chi connectivity index (χ0n) is 14.5. The van der Waals surface area contributed by atoms with Gasteiger partial charge in [-0.15, -0.1) is 0 Å². The Morgan fingerprint density at radius 1 is 1.15 bits per heavy atom. The highest BCUT2D eigenvalue weighted by Gasteiger charge is 2.21. The Labute approximate surface area is 171 Å². The van der Waals surface area contributed by atoms with Crippen molar-refractivity contribution in [3.63, 3.8) is 0 Å². The van der Waals surface area contributed by atoms with E-state index >= 15 is 0 Å². The number of hydrogen-bond acceptors (Lipinski definition) is 10. The summed E-state index contributed by atoms with van der Waals surface area (Å²) in [6, 6.07) is 5.05. The highest BCUT2D eigenvalue weighted by molar-refractivity contribution is 8.07. The van der Waals surface area contributed by atoms with Crippen LogP contribution in [0, 0.1) is 6.92 Å². The van der Waals surface area contributed by atoms with Crippen molar-refractivity contribution in [3.8, 4) is 5.75 Å². The molecule has 0 unspecified atom stereocenters.